The first kappa shape index (κ1) is 21.4. The monoisotopic (exact) mass is 436 g/mol. The summed E-state index contributed by atoms with van der Waals surface area (Å²) in [6.07, 6.45) is 1.21. The van der Waals surface area contributed by atoms with Gasteiger partial charge < -0.3 is 29.9 Å². The Labute approximate surface area is 177 Å². The first-order chi connectivity index (χ1) is 14.7. The van der Waals surface area contributed by atoms with E-state index in [2.05, 4.69) is 16.6 Å². The molecule has 0 amide bonds. The predicted octanol–water partition coefficient (Wildman–Crippen LogP) is 2.86. The second-order valence-electron chi connectivity index (χ2n) is 8.38. The molecule has 0 saturated carbocycles. The quantitative estimate of drug-likeness (QED) is 0.561. The molecule has 4 rings (SSSR count). The molecule has 3 heterocycles. The van der Waals surface area contributed by atoms with Crippen LogP contribution in [0.4, 0.5) is 25.0 Å². The average molecular weight is 436 g/mol. The highest BCUT2D eigenvalue weighted by atomic mass is 19.1. The summed E-state index contributed by atoms with van der Waals surface area (Å²) in [4.78, 5) is 27.7. The second kappa shape index (κ2) is 7.67. The van der Waals surface area contributed by atoms with E-state index in [1.165, 1.54) is 4.57 Å². The minimum atomic E-state index is -1.70. The van der Waals surface area contributed by atoms with Crippen LogP contribution in [0.25, 0.3) is 10.9 Å². The van der Waals surface area contributed by atoms with Gasteiger partial charge in [0.1, 0.15) is 5.69 Å². The summed E-state index contributed by atoms with van der Waals surface area (Å²) < 4.78 is 36.9. The average Bonchev–Trinajstić information content (AvgIpc) is 3.33. The largest absolute Gasteiger partial charge is 0.511 e. The molecule has 10 heteroatoms. The number of ether oxygens (including phenoxy) is 1. The van der Waals surface area contributed by atoms with Crippen molar-refractivity contribution in [2.45, 2.75) is 33.2 Å². The van der Waals surface area contributed by atoms with E-state index in [0.717, 1.165) is 38.7 Å². The molecule has 3 N–H and O–H groups in total. The lowest BCUT2D eigenvalue weighted by Gasteiger charge is -2.27. The number of hydrogen-bond donors (Lipinski definition) is 2. The van der Waals surface area contributed by atoms with E-state index in [9.17, 15) is 9.59 Å². The van der Waals surface area contributed by atoms with Crippen LogP contribution in [0.1, 0.15) is 26.7 Å². The van der Waals surface area contributed by atoms with E-state index in [-0.39, 0.29) is 23.2 Å². The van der Waals surface area contributed by atoms with E-state index in [1.54, 1.807) is 11.8 Å². The van der Waals surface area contributed by atoms with Crippen molar-refractivity contribution in [2.24, 2.45) is 5.41 Å². The van der Waals surface area contributed by atoms with Crippen LogP contribution in [-0.4, -0.2) is 53.5 Å². The van der Waals surface area contributed by atoms with Crippen LogP contribution in [0.5, 0.6) is 5.75 Å². The SMILES string of the molecule is CCN1CCC2(CCN(c3c(F)c(N)c4c(=O)c(OC(=O)O)cn(CC)c4c3F)C2)C1. The highest BCUT2D eigenvalue weighted by Crippen LogP contribution is 2.44. The Morgan fingerprint density at radius 1 is 1.19 bits per heavy atom. The summed E-state index contributed by atoms with van der Waals surface area (Å²) in [6.45, 7) is 7.79. The summed E-state index contributed by atoms with van der Waals surface area (Å²) in [6, 6.07) is 0. The lowest BCUT2D eigenvalue weighted by Crippen LogP contribution is -2.32. The molecule has 0 radical (unpaired) electrons. The fourth-order valence-corrected chi connectivity index (χ4v) is 5.02. The van der Waals surface area contributed by atoms with E-state index in [4.69, 9.17) is 10.8 Å². The summed E-state index contributed by atoms with van der Waals surface area (Å²) in [7, 11) is 0. The smallest absolute Gasteiger partial charge is 0.449 e. The van der Waals surface area contributed by atoms with Gasteiger partial charge in [0.15, 0.2) is 17.4 Å². The molecule has 2 aliphatic rings. The molecule has 8 nitrogen and oxygen atoms in total. The van der Waals surface area contributed by atoms with Crippen LogP contribution < -0.4 is 20.8 Å². The number of nitrogens with two attached hydrogens (primary N) is 1. The first-order valence-electron chi connectivity index (χ1n) is 10.4. The van der Waals surface area contributed by atoms with Gasteiger partial charge in [0, 0.05) is 31.6 Å². The van der Waals surface area contributed by atoms with Gasteiger partial charge in [-0.25, -0.2) is 13.6 Å². The molecular weight excluding hydrogens is 410 g/mol. The van der Waals surface area contributed by atoms with Gasteiger partial charge in [-0.2, -0.15) is 0 Å². The van der Waals surface area contributed by atoms with Gasteiger partial charge in [-0.05, 0) is 32.9 Å². The number of rotatable bonds is 4. The summed E-state index contributed by atoms with van der Waals surface area (Å²) >= 11 is 0. The van der Waals surface area contributed by atoms with Crippen LogP contribution in [0, 0.1) is 17.0 Å². The van der Waals surface area contributed by atoms with Crippen LogP contribution >= 0.6 is 0 Å². The van der Waals surface area contributed by atoms with E-state index in [0.29, 0.717) is 13.1 Å². The molecule has 2 aromatic rings. The van der Waals surface area contributed by atoms with Gasteiger partial charge in [0.2, 0.25) is 5.43 Å². The molecule has 2 saturated heterocycles. The lowest BCUT2D eigenvalue weighted by molar-refractivity contribution is 0.144. The Morgan fingerprint density at radius 2 is 1.90 bits per heavy atom. The number of anilines is 2. The highest BCUT2D eigenvalue weighted by molar-refractivity contribution is 5.96. The molecule has 1 spiro atoms. The number of aryl methyl sites for hydroxylation is 1. The van der Waals surface area contributed by atoms with Gasteiger partial charge in [-0.3, -0.25) is 4.79 Å². The molecular formula is C21H26F2N4O4. The zero-order chi connectivity index (χ0) is 22.5. The zero-order valence-electron chi connectivity index (χ0n) is 17.6. The van der Waals surface area contributed by atoms with Gasteiger partial charge >= 0.3 is 6.16 Å². The summed E-state index contributed by atoms with van der Waals surface area (Å²) in [5.41, 5.74) is 4.12. The van der Waals surface area contributed by atoms with E-state index in [1.807, 2.05) is 0 Å². The normalized spacial score (nSPS) is 21.5. The third-order valence-corrected chi connectivity index (χ3v) is 6.63. The van der Waals surface area contributed by atoms with Crippen molar-refractivity contribution >= 4 is 28.4 Å². The maximum atomic E-state index is 15.7. The number of pyridine rings is 1. The van der Waals surface area contributed by atoms with Crippen molar-refractivity contribution in [3.05, 3.63) is 28.1 Å². The number of hydrogen-bond acceptors (Lipinski definition) is 6. The molecule has 2 fully saturated rings. The number of benzene rings is 1. The van der Waals surface area contributed by atoms with Crippen molar-refractivity contribution in [1.82, 2.24) is 9.47 Å². The zero-order valence-corrected chi connectivity index (χ0v) is 17.6. The Bertz CT molecular complexity index is 1120. The summed E-state index contributed by atoms with van der Waals surface area (Å²) in [5, 5.41) is 8.46. The third kappa shape index (κ3) is 3.38. The molecule has 31 heavy (non-hydrogen) atoms. The van der Waals surface area contributed by atoms with Crippen LogP contribution in [-0.2, 0) is 6.54 Å². The predicted molar refractivity (Wildman–Crippen MR) is 113 cm³/mol. The number of carboxylic acid groups (broad SMARTS) is 1. The third-order valence-electron chi connectivity index (χ3n) is 6.63. The van der Waals surface area contributed by atoms with E-state index >= 15 is 8.78 Å². The topological polar surface area (TPSA) is 101 Å². The van der Waals surface area contributed by atoms with Gasteiger partial charge in [-0.15, -0.1) is 0 Å². The molecule has 168 valence electrons. The number of aromatic nitrogens is 1. The maximum Gasteiger partial charge on any atom is 0.511 e. The Kier molecular flexibility index (Phi) is 5.28. The maximum absolute atomic E-state index is 15.7. The Balaban J connectivity index is 1.85. The lowest BCUT2D eigenvalue weighted by atomic mass is 9.86. The molecule has 1 unspecified atom stereocenters. The number of fused-ring (bicyclic) bond motifs is 1. The number of carbonyl (C=O) groups is 1. The standard InChI is InChI=1S/C21H26F2N4O4/c1-3-25-7-5-21(10-25)6-8-27(11-21)18-14(22)16(24)13-17(15(18)23)26(4-2)9-12(19(13)28)31-20(29)30/h9H,3-8,10-11,24H2,1-2H3,(H,29,30). The van der Waals surface area contributed by atoms with Crippen LogP contribution in [0.15, 0.2) is 11.0 Å². The minimum Gasteiger partial charge on any atom is -0.449 e. The fourth-order valence-electron chi connectivity index (χ4n) is 5.02. The fraction of sp³-hybridized carbons (Fsp3) is 0.524. The Morgan fingerprint density at radius 3 is 2.52 bits per heavy atom. The van der Waals surface area contributed by atoms with Crippen LogP contribution in [0.3, 0.4) is 0 Å². The van der Waals surface area contributed by atoms with E-state index < -0.39 is 40.0 Å². The minimum absolute atomic E-state index is 0.0117. The van der Waals surface area contributed by atoms with Crippen molar-refractivity contribution < 1.29 is 23.4 Å². The Hall–Kier alpha value is -2.88. The van der Waals surface area contributed by atoms with Gasteiger partial charge in [0.05, 0.1) is 22.8 Å². The number of nitrogens with zero attached hydrogens (tertiary/aromatic N) is 3. The molecule has 0 bridgehead atoms. The molecule has 2 aliphatic heterocycles. The highest BCUT2D eigenvalue weighted by Gasteiger charge is 2.44. The molecule has 1 aromatic heterocycles. The summed E-state index contributed by atoms with van der Waals surface area (Å²) in [5.74, 6) is -2.42. The first-order valence-corrected chi connectivity index (χ1v) is 10.4. The van der Waals surface area contributed by atoms with Crippen molar-refractivity contribution in [3.8, 4) is 5.75 Å². The molecule has 1 atom stereocenters. The second-order valence-corrected chi connectivity index (χ2v) is 8.38. The molecule has 1 aromatic carbocycles. The van der Waals surface area contributed by atoms with Gasteiger partial charge in [0.25, 0.3) is 0 Å². The van der Waals surface area contributed by atoms with Crippen molar-refractivity contribution in [1.29, 1.82) is 0 Å². The van der Waals surface area contributed by atoms with Crippen molar-refractivity contribution in [3.63, 3.8) is 0 Å². The molecule has 0 aliphatic carbocycles. The number of halogens is 2. The van der Waals surface area contributed by atoms with Crippen molar-refractivity contribution in [2.75, 3.05) is 43.4 Å². The number of likely N-dealkylation sites (tertiary alicyclic amines) is 1. The number of nitrogen functional groups attached to an aromatic ring is 1. The van der Waals surface area contributed by atoms with Gasteiger partial charge in [-0.1, -0.05) is 6.92 Å². The van der Waals surface area contributed by atoms with Crippen LogP contribution in [0.2, 0.25) is 0 Å².